The summed E-state index contributed by atoms with van der Waals surface area (Å²) in [6, 6.07) is 7.53. The van der Waals surface area contributed by atoms with Gasteiger partial charge < -0.3 is 10.6 Å². The highest BCUT2D eigenvalue weighted by atomic mass is 16.2. The molecule has 6 nitrogen and oxygen atoms in total. The molecule has 1 aromatic carbocycles. The van der Waals surface area contributed by atoms with Crippen LogP contribution in [0.1, 0.15) is 50.2 Å². The van der Waals surface area contributed by atoms with Crippen molar-refractivity contribution >= 4 is 17.5 Å². The molecule has 0 spiro atoms. The van der Waals surface area contributed by atoms with Crippen LogP contribution in [0.15, 0.2) is 24.3 Å². The number of rotatable bonds is 8. The molecular weight excluding hydrogens is 352 g/mol. The van der Waals surface area contributed by atoms with E-state index in [9.17, 15) is 9.59 Å². The summed E-state index contributed by atoms with van der Waals surface area (Å²) >= 11 is 0. The van der Waals surface area contributed by atoms with Crippen molar-refractivity contribution in [3.8, 4) is 0 Å². The number of hydrogen-bond acceptors (Lipinski definition) is 3. The van der Waals surface area contributed by atoms with Crippen molar-refractivity contribution in [3.63, 3.8) is 0 Å². The molecule has 6 heteroatoms. The number of nitrogens with one attached hydrogen (secondary N) is 2. The van der Waals surface area contributed by atoms with Gasteiger partial charge in [0.15, 0.2) is 0 Å². The molecule has 28 heavy (non-hydrogen) atoms. The Morgan fingerprint density at radius 2 is 1.71 bits per heavy atom. The second-order valence-electron chi connectivity index (χ2n) is 8.02. The van der Waals surface area contributed by atoms with Gasteiger partial charge >= 0.3 is 0 Å². The van der Waals surface area contributed by atoms with Gasteiger partial charge in [0.2, 0.25) is 11.8 Å². The average Bonchev–Trinajstić information content (AvgIpc) is 2.87. The largest absolute Gasteiger partial charge is 0.352 e. The van der Waals surface area contributed by atoms with Gasteiger partial charge in [0.1, 0.15) is 0 Å². The van der Waals surface area contributed by atoms with Crippen LogP contribution in [0, 0.1) is 25.7 Å². The van der Waals surface area contributed by atoms with Crippen LogP contribution in [-0.2, 0) is 29.1 Å². The lowest BCUT2D eigenvalue weighted by atomic mass is 10.1. The minimum Gasteiger partial charge on any atom is -0.352 e. The molecule has 0 fully saturated rings. The molecule has 2 N–H and O–H groups in total. The van der Waals surface area contributed by atoms with Crippen molar-refractivity contribution in [1.82, 2.24) is 15.1 Å². The van der Waals surface area contributed by atoms with Crippen LogP contribution >= 0.6 is 0 Å². The summed E-state index contributed by atoms with van der Waals surface area (Å²) in [6.07, 6.45) is 0.332. The monoisotopic (exact) mass is 384 g/mol. The SMILES string of the molecule is Cc1nn(CC(C)C)c(C)c1CC(=O)NCc1ccc(NC(=O)C(C)C)cc1. The highest BCUT2D eigenvalue weighted by Gasteiger charge is 2.15. The second kappa shape index (κ2) is 9.53. The van der Waals surface area contributed by atoms with Crippen LogP contribution in [0.3, 0.4) is 0 Å². The van der Waals surface area contributed by atoms with Crippen LogP contribution in [0.2, 0.25) is 0 Å². The normalized spacial score (nSPS) is 11.1. The van der Waals surface area contributed by atoms with E-state index in [0.29, 0.717) is 18.9 Å². The molecule has 152 valence electrons. The lowest BCUT2D eigenvalue weighted by molar-refractivity contribution is -0.120. The number of nitrogens with zero attached hydrogens (tertiary/aromatic N) is 2. The van der Waals surface area contributed by atoms with Crippen LogP contribution in [0.4, 0.5) is 5.69 Å². The van der Waals surface area contributed by atoms with Gasteiger partial charge in [-0.25, -0.2) is 0 Å². The first-order valence-electron chi connectivity index (χ1n) is 9.86. The Balaban J connectivity index is 1.91. The molecule has 2 rings (SSSR count). The molecule has 0 unspecified atom stereocenters. The van der Waals surface area contributed by atoms with Gasteiger partial charge in [-0.05, 0) is 37.5 Å². The molecule has 0 bridgehead atoms. The number of aromatic nitrogens is 2. The van der Waals surface area contributed by atoms with E-state index in [1.807, 2.05) is 56.6 Å². The van der Waals surface area contributed by atoms with Crippen molar-refractivity contribution in [2.75, 3.05) is 5.32 Å². The molecular formula is C22H32N4O2. The van der Waals surface area contributed by atoms with E-state index in [0.717, 1.165) is 34.7 Å². The van der Waals surface area contributed by atoms with Crippen LogP contribution < -0.4 is 10.6 Å². The second-order valence-corrected chi connectivity index (χ2v) is 8.02. The summed E-state index contributed by atoms with van der Waals surface area (Å²) in [5, 5.41) is 10.4. The van der Waals surface area contributed by atoms with E-state index in [4.69, 9.17) is 0 Å². The van der Waals surface area contributed by atoms with Gasteiger partial charge in [0.05, 0.1) is 12.1 Å². The van der Waals surface area contributed by atoms with E-state index in [1.54, 1.807) is 0 Å². The molecule has 1 aromatic heterocycles. The zero-order valence-electron chi connectivity index (χ0n) is 17.8. The minimum absolute atomic E-state index is 0.00944. The van der Waals surface area contributed by atoms with Crippen LogP contribution in [0.25, 0.3) is 0 Å². The third-order valence-electron chi connectivity index (χ3n) is 4.64. The van der Waals surface area contributed by atoms with Crippen molar-refractivity contribution in [2.24, 2.45) is 11.8 Å². The Bertz CT molecular complexity index is 820. The smallest absolute Gasteiger partial charge is 0.226 e. The van der Waals surface area contributed by atoms with Crippen molar-refractivity contribution in [3.05, 3.63) is 46.8 Å². The van der Waals surface area contributed by atoms with E-state index < -0.39 is 0 Å². The summed E-state index contributed by atoms with van der Waals surface area (Å²) in [5.74, 6) is 0.418. The predicted octanol–water partition coefficient (Wildman–Crippen LogP) is 3.61. The molecule has 0 aliphatic carbocycles. The molecule has 0 radical (unpaired) electrons. The minimum atomic E-state index is -0.0595. The van der Waals surface area contributed by atoms with Crippen LogP contribution in [-0.4, -0.2) is 21.6 Å². The summed E-state index contributed by atoms with van der Waals surface area (Å²) in [7, 11) is 0. The highest BCUT2D eigenvalue weighted by molar-refractivity contribution is 5.92. The van der Waals surface area contributed by atoms with Crippen molar-refractivity contribution in [1.29, 1.82) is 0 Å². The molecule has 0 saturated carbocycles. The molecule has 0 saturated heterocycles. The third kappa shape index (κ3) is 5.94. The fraction of sp³-hybridized carbons (Fsp3) is 0.500. The van der Waals surface area contributed by atoms with Crippen molar-refractivity contribution < 1.29 is 9.59 Å². The van der Waals surface area contributed by atoms with Crippen LogP contribution in [0.5, 0.6) is 0 Å². The number of carbonyl (C=O) groups excluding carboxylic acids is 2. The van der Waals surface area contributed by atoms with Gasteiger partial charge in [0, 0.05) is 36.0 Å². The number of carbonyl (C=O) groups is 2. The third-order valence-corrected chi connectivity index (χ3v) is 4.64. The fourth-order valence-electron chi connectivity index (χ4n) is 2.93. The Morgan fingerprint density at radius 3 is 2.29 bits per heavy atom. The van der Waals surface area contributed by atoms with Gasteiger partial charge in [-0.3, -0.25) is 14.3 Å². The van der Waals surface area contributed by atoms with E-state index in [2.05, 4.69) is 29.6 Å². The molecule has 0 aliphatic rings. The summed E-state index contributed by atoms with van der Waals surface area (Å²) in [6.45, 7) is 13.3. The molecule has 2 amide bonds. The molecule has 2 aromatic rings. The van der Waals surface area contributed by atoms with Crippen molar-refractivity contribution in [2.45, 2.75) is 61.1 Å². The number of aryl methyl sites for hydroxylation is 1. The summed E-state index contributed by atoms with van der Waals surface area (Å²) in [5.41, 5.74) is 4.73. The number of amides is 2. The maximum absolute atomic E-state index is 12.4. The van der Waals surface area contributed by atoms with Gasteiger partial charge in [-0.2, -0.15) is 5.10 Å². The van der Waals surface area contributed by atoms with E-state index >= 15 is 0 Å². The highest BCUT2D eigenvalue weighted by Crippen LogP contribution is 2.16. The standard InChI is InChI=1S/C22H32N4O2/c1-14(2)13-26-17(6)20(16(5)25-26)11-21(27)23-12-18-7-9-19(10-8-18)24-22(28)15(3)4/h7-10,14-15H,11-13H2,1-6H3,(H,23,27)(H,24,28). The first-order valence-corrected chi connectivity index (χ1v) is 9.86. The first-order chi connectivity index (χ1) is 13.2. The van der Waals surface area contributed by atoms with Gasteiger partial charge in [-0.15, -0.1) is 0 Å². The number of benzene rings is 1. The molecule has 0 aliphatic heterocycles. The van der Waals surface area contributed by atoms with E-state index in [1.165, 1.54) is 0 Å². The lowest BCUT2D eigenvalue weighted by Gasteiger charge is -2.10. The maximum Gasteiger partial charge on any atom is 0.226 e. The fourth-order valence-corrected chi connectivity index (χ4v) is 2.93. The van der Waals surface area contributed by atoms with E-state index in [-0.39, 0.29) is 17.7 Å². The Hall–Kier alpha value is -2.63. The Labute approximate surface area is 167 Å². The topological polar surface area (TPSA) is 76.0 Å². The van der Waals surface area contributed by atoms with Gasteiger partial charge in [0.25, 0.3) is 0 Å². The molecule has 0 atom stereocenters. The lowest BCUT2D eigenvalue weighted by Crippen LogP contribution is -2.25. The maximum atomic E-state index is 12.4. The first kappa shape index (κ1) is 21.7. The zero-order chi connectivity index (χ0) is 20.8. The Morgan fingerprint density at radius 1 is 1.07 bits per heavy atom. The quantitative estimate of drug-likeness (QED) is 0.730. The summed E-state index contributed by atoms with van der Waals surface area (Å²) < 4.78 is 1.99. The predicted molar refractivity (Wildman–Crippen MR) is 112 cm³/mol. The molecule has 1 heterocycles. The number of hydrogen-bond donors (Lipinski definition) is 2. The summed E-state index contributed by atoms with van der Waals surface area (Å²) in [4.78, 5) is 24.1. The number of anilines is 1. The van der Waals surface area contributed by atoms with Gasteiger partial charge in [-0.1, -0.05) is 39.8 Å². The Kier molecular flexibility index (Phi) is 7.38. The zero-order valence-corrected chi connectivity index (χ0v) is 17.8. The average molecular weight is 385 g/mol.